The van der Waals surface area contributed by atoms with E-state index in [1.54, 1.807) is 0 Å². The first kappa shape index (κ1) is 14.5. The topological polar surface area (TPSA) is 41.6 Å². The molecule has 3 unspecified atom stereocenters. The van der Waals surface area contributed by atoms with Crippen LogP contribution in [-0.2, 0) is 9.53 Å². The minimum Gasteiger partial charge on any atom is -0.376 e. The van der Waals surface area contributed by atoms with Crippen LogP contribution in [-0.4, -0.2) is 36.2 Å². The molecule has 1 aromatic carbocycles. The number of ether oxygens (including phenoxy) is 1. The van der Waals surface area contributed by atoms with E-state index < -0.39 is 0 Å². The van der Waals surface area contributed by atoms with Gasteiger partial charge in [0.1, 0.15) is 6.04 Å². The van der Waals surface area contributed by atoms with Gasteiger partial charge in [0.15, 0.2) is 0 Å². The fourth-order valence-corrected chi connectivity index (χ4v) is 3.28. The number of amides is 1. The fourth-order valence-electron chi connectivity index (χ4n) is 3.28. The minimum absolute atomic E-state index is 0.119. The van der Waals surface area contributed by atoms with E-state index in [-0.39, 0.29) is 24.2 Å². The summed E-state index contributed by atoms with van der Waals surface area (Å²) in [5.41, 5.74) is 1.05. The van der Waals surface area contributed by atoms with Gasteiger partial charge in [-0.25, -0.2) is 0 Å². The highest BCUT2D eigenvalue weighted by Crippen LogP contribution is 2.27. The van der Waals surface area contributed by atoms with Crippen molar-refractivity contribution in [2.24, 2.45) is 0 Å². The summed E-state index contributed by atoms with van der Waals surface area (Å²) in [4.78, 5) is 14.7. The van der Waals surface area contributed by atoms with Gasteiger partial charge >= 0.3 is 0 Å². The van der Waals surface area contributed by atoms with Crippen molar-refractivity contribution in [3.63, 3.8) is 0 Å². The summed E-state index contributed by atoms with van der Waals surface area (Å²) in [5.74, 6) is 0.183. The molecule has 1 N–H and O–H groups in total. The SMILES string of the molecule is CCC1NC(c2ccccc2)C(=O)N1CC1CCCCO1. The van der Waals surface area contributed by atoms with Crippen molar-refractivity contribution in [3.8, 4) is 0 Å². The van der Waals surface area contributed by atoms with Crippen LogP contribution in [0.3, 0.4) is 0 Å². The Hall–Kier alpha value is -1.39. The van der Waals surface area contributed by atoms with Crippen LogP contribution in [0, 0.1) is 0 Å². The molecule has 3 atom stereocenters. The van der Waals surface area contributed by atoms with Gasteiger partial charge in [-0.05, 0) is 31.2 Å². The zero-order valence-electron chi connectivity index (χ0n) is 12.6. The zero-order valence-corrected chi connectivity index (χ0v) is 12.6. The summed E-state index contributed by atoms with van der Waals surface area (Å²) in [5, 5.41) is 3.47. The normalized spacial score (nSPS) is 29.9. The third-order valence-electron chi connectivity index (χ3n) is 4.46. The molecule has 0 aliphatic carbocycles. The molecule has 2 aliphatic rings. The Balaban J connectivity index is 1.72. The Morgan fingerprint density at radius 2 is 2.10 bits per heavy atom. The molecular weight excluding hydrogens is 264 g/mol. The fraction of sp³-hybridized carbons (Fsp3) is 0.588. The second-order valence-electron chi connectivity index (χ2n) is 5.91. The number of hydrogen-bond acceptors (Lipinski definition) is 3. The van der Waals surface area contributed by atoms with Crippen molar-refractivity contribution < 1.29 is 9.53 Å². The number of benzene rings is 1. The molecule has 3 rings (SSSR count). The van der Waals surface area contributed by atoms with Crippen molar-refractivity contribution in [2.45, 2.75) is 50.9 Å². The molecule has 0 bridgehead atoms. The van der Waals surface area contributed by atoms with E-state index in [2.05, 4.69) is 12.2 Å². The molecule has 2 heterocycles. The highest BCUT2D eigenvalue weighted by atomic mass is 16.5. The molecular formula is C17H24N2O2. The lowest BCUT2D eigenvalue weighted by Crippen LogP contribution is -2.43. The smallest absolute Gasteiger partial charge is 0.245 e. The average molecular weight is 288 g/mol. The highest BCUT2D eigenvalue weighted by Gasteiger charge is 2.39. The van der Waals surface area contributed by atoms with Crippen LogP contribution in [0.15, 0.2) is 30.3 Å². The van der Waals surface area contributed by atoms with Gasteiger partial charge in [0.2, 0.25) is 5.91 Å². The second-order valence-corrected chi connectivity index (χ2v) is 5.91. The van der Waals surface area contributed by atoms with Crippen LogP contribution in [0.25, 0.3) is 0 Å². The molecule has 2 saturated heterocycles. The number of carbonyl (C=O) groups is 1. The lowest BCUT2D eigenvalue weighted by atomic mass is 10.1. The third-order valence-corrected chi connectivity index (χ3v) is 4.46. The van der Waals surface area contributed by atoms with E-state index in [4.69, 9.17) is 4.74 Å². The van der Waals surface area contributed by atoms with Crippen LogP contribution in [0.5, 0.6) is 0 Å². The molecule has 2 aliphatic heterocycles. The number of rotatable bonds is 4. The maximum atomic E-state index is 12.8. The van der Waals surface area contributed by atoms with E-state index in [1.165, 1.54) is 6.42 Å². The van der Waals surface area contributed by atoms with Crippen molar-refractivity contribution in [3.05, 3.63) is 35.9 Å². The van der Waals surface area contributed by atoms with Crippen LogP contribution in [0.2, 0.25) is 0 Å². The van der Waals surface area contributed by atoms with Gasteiger partial charge in [-0.15, -0.1) is 0 Å². The predicted octanol–water partition coefficient (Wildman–Crippen LogP) is 2.46. The summed E-state index contributed by atoms with van der Waals surface area (Å²) < 4.78 is 5.80. The summed E-state index contributed by atoms with van der Waals surface area (Å²) in [6.07, 6.45) is 4.66. The second kappa shape index (κ2) is 6.58. The molecule has 114 valence electrons. The van der Waals surface area contributed by atoms with Gasteiger partial charge in [-0.2, -0.15) is 0 Å². The Kier molecular flexibility index (Phi) is 4.56. The zero-order chi connectivity index (χ0) is 14.7. The molecule has 0 aromatic heterocycles. The summed E-state index contributed by atoms with van der Waals surface area (Å²) >= 11 is 0. The van der Waals surface area contributed by atoms with Gasteiger partial charge in [-0.1, -0.05) is 37.3 Å². The van der Waals surface area contributed by atoms with Crippen LogP contribution >= 0.6 is 0 Å². The minimum atomic E-state index is -0.209. The Bertz CT molecular complexity index is 471. The van der Waals surface area contributed by atoms with E-state index in [1.807, 2.05) is 35.2 Å². The van der Waals surface area contributed by atoms with E-state index in [0.717, 1.165) is 31.4 Å². The van der Waals surface area contributed by atoms with Gasteiger partial charge in [-0.3, -0.25) is 10.1 Å². The Labute approximate surface area is 126 Å². The highest BCUT2D eigenvalue weighted by molar-refractivity contribution is 5.85. The van der Waals surface area contributed by atoms with Crippen molar-refractivity contribution >= 4 is 5.91 Å². The van der Waals surface area contributed by atoms with E-state index in [0.29, 0.717) is 6.54 Å². The predicted molar refractivity (Wildman–Crippen MR) is 81.7 cm³/mol. The number of carbonyl (C=O) groups excluding carboxylic acids is 1. The molecule has 0 saturated carbocycles. The number of nitrogens with one attached hydrogen (secondary N) is 1. The Morgan fingerprint density at radius 3 is 2.76 bits per heavy atom. The van der Waals surface area contributed by atoms with Crippen molar-refractivity contribution in [1.82, 2.24) is 10.2 Å². The summed E-state index contributed by atoms with van der Waals surface area (Å²) in [6, 6.07) is 9.77. The lowest BCUT2D eigenvalue weighted by molar-refractivity contribution is -0.132. The molecule has 0 spiro atoms. The third kappa shape index (κ3) is 3.11. The van der Waals surface area contributed by atoms with E-state index >= 15 is 0 Å². The maximum absolute atomic E-state index is 12.8. The number of hydrogen-bond donors (Lipinski definition) is 1. The largest absolute Gasteiger partial charge is 0.376 e. The van der Waals surface area contributed by atoms with Gasteiger partial charge in [0, 0.05) is 13.2 Å². The molecule has 2 fully saturated rings. The molecule has 21 heavy (non-hydrogen) atoms. The van der Waals surface area contributed by atoms with Crippen LogP contribution in [0.1, 0.15) is 44.2 Å². The molecule has 4 heteroatoms. The monoisotopic (exact) mass is 288 g/mol. The average Bonchev–Trinajstić information content (AvgIpc) is 2.86. The quantitative estimate of drug-likeness (QED) is 0.925. The van der Waals surface area contributed by atoms with Gasteiger partial charge in [0.05, 0.1) is 12.3 Å². The number of nitrogens with zero attached hydrogens (tertiary/aromatic N) is 1. The Morgan fingerprint density at radius 1 is 1.29 bits per heavy atom. The van der Waals surface area contributed by atoms with Gasteiger partial charge in [0.25, 0.3) is 0 Å². The van der Waals surface area contributed by atoms with Crippen molar-refractivity contribution in [2.75, 3.05) is 13.2 Å². The van der Waals surface area contributed by atoms with Crippen LogP contribution in [0.4, 0.5) is 0 Å². The maximum Gasteiger partial charge on any atom is 0.245 e. The summed E-state index contributed by atoms with van der Waals surface area (Å²) in [7, 11) is 0. The van der Waals surface area contributed by atoms with E-state index in [9.17, 15) is 4.79 Å². The van der Waals surface area contributed by atoms with Crippen LogP contribution < -0.4 is 5.32 Å². The molecule has 1 aromatic rings. The first-order valence-corrected chi connectivity index (χ1v) is 8.02. The lowest BCUT2D eigenvalue weighted by Gasteiger charge is -2.30. The van der Waals surface area contributed by atoms with Crippen molar-refractivity contribution in [1.29, 1.82) is 0 Å². The standard InChI is InChI=1S/C17H24N2O2/c1-2-15-18-16(13-8-4-3-5-9-13)17(20)19(15)12-14-10-6-7-11-21-14/h3-5,8-9,14-16,18H,2,6-7,10-12H2,1H3. The molecule has 1 amide bonds. The van der Waals surface area contributed by atoms with Gasteiger partial charge < -0.3 is 9.64 Å². The molecule has 0 radical (unpaired) electrons. The summed E-state index contributed by atoms with van der Waals surface area (Å²) in [6.45, 7) is 3.67. The molecule has 4 nitrogen and oxygen atoms in total. The first-order chi connectivity index (χ1) is 10.3. The first-order valence-electron chi connectivity index (χ1n) is 8.02.